The van der Waals surface area contributed by atoms with Crippen LogP contribution in [-0.2, 0) is 19.1 Å². The van der Waals surface area contributed by atoms with Crippen molar-refractivity contribution in [1.29, 1.82) is 0 Å². The standard InChI is InChI=1S/C24H40N2O5/c1-8-14(4)17(13-27)26-20(21(28)25-24(5,6)7)16-12-11-15(9-2)18(19(16)22(26)29)23(30)31-10-3/h11-12,14-20,27H,8-10,13H2,1-7H3,(H,25,28)/t14-,15+,16-,17-,18+,19-,20-/m0/s1. The average Bonchev–Trinajstić information content (AvgIpc) is 2.99. The molecule has 0 aromatic carbocycles. The lowest BCUT2D eigenvalue weighted by Gasteiger charge is -2.37. The molecule has 1 aliphatic heterocycles. The van der Waals surface area contributed by atoms with Gasteiger partial charge in [-0.3, -0.25) is 14.4 Å². The molecule has 0 bridgehead atoms. The number of allylic oxidation sites excluding steroid dienone is 1. The Bertz CT molecular complexity index is 699. The molecule has 2 rings (SSSR count). The Morgan fingerprint density at radius 2 is 1.87 bits per heavy atom. The zero-order chi connectivity index (χ0) is 23.5. The maximum atomic E-state index is 13.8. The third kappa shape index (κ3) is 5.13. The monoisotopic (exact) mass is 436 g/mol. The molecule has 0 spiro atoms. The maximum Gasteiger partial charge on any atom is 0.310 e. The zero-order valence-electron chi connectivity index (χ0n) is 20.1. The molecule has 2 amide bonds. The molecular formula is C24H40N2O5. The van der Waals surface area contributed by atoms with Crippen LogP contribution in [0.1, 0.15) is 61.3 Å². The van der Waals surface area contributed by atoms with Gasteiger partial charge in [-0.2, -0.15) is 0 Å². The number of likely N-dealkylation sites (tertiary alicyclic amines) is 1. The number of hydrogen-bond donors (Lipinski definition) is 2. The van der Waals surface area contributed by atoms with Crippen LogP contribution >= 0.6 is 0 Å². The Morgan fingerprint density at radius 1 is 1.23 bits per heavy atom. The number of carbonyl (C=O) groups is 3. The van der Waals surface area contributed by atoms with Crippen LogP contribution < -0.4 is 5.32 Å². The Balaban J connectivity index is 2.58. The summed E-state index contributed by atoms with van der Waals surface area (Å²) in [6.07, 6.45) is 5.36. The second-order valence-electron chi connectivity index (χ2n) is 9.90. The first-order valence-corrected chi connectivity index (χ1v) is 11.6. The highest BCUT2D eigenvalue weighted by atomic mass is 16.5. The number of esters is 1. The number of aliphatic hydroxyl groups excluding tert-OH is 1. The van der Waals surface area contributed by atoms with Crippen molar-refractivity contribution < 1.29 is 24.2 Å². The van der Waals surface area contributed by atoms with Crippen LogP contribution in [-0.4, -0.2) is 58.6 Å². The number of nitrogens with zero attached hydrogens (tertiary/aromatic N) is 1. The van der Waals surface area contributed by atoms with E-state index in [1.54, 1.807) is 11.8 Å². The largest absolute Gasteiger partial charge is 0.466 e. The molecule has 31 heavy (non-hydrogen) atoms. The van der Waals surface area contributed by atoms with Gasteiger partial charge in [0, 0.05) is 11.5 Å². The highest BCUT2D eigenvalue weighted by molar-refractivity contribution is 5.96. The molecule has 2 N–H and O–H groups in total. The summed E-state index contributed by atoms with van der Waals surface area (Å²) in [6, 6.07) is -1.26. The van der Waals surface area contributed by atoms with E-state index in [0.717, 1.165) is 6.42 Å². The molecule has 0 unspecified atom stereocenters. The highest BCUT2D eigenvalue weighted by Crippen LogP contribution is 2.46. The van der Waals surface area contributed by atoms with Crippen LogP contribution in [0.15, 0.2) is 12.2 Å². The fourth-order valence-electron chi connectivity index (χ4n) is 5.01. The Morgan fingerprint density at radius 3 is 2.35 bits per heavy atom. The van der Waals surface area contributed by atoms with Gasteiger partial charge in [-0.15, -0.1) is 0 Å². The van der Waals surface area contributed by atoms with Crippen molar-refractivity contribution in [3.05, 3.63) is 12.2 Å². The smallest absolute Gasteiger partial charge is 0.310 e. The van der Waals surface area contributed by atoms with Crippen LogP contribution in [0.3, 0.4) is 0 Å². The summed E-state index contributed by atoms with van der Waals surface area (Å²) in [5.41, 5.74) is -0.472. The van der Waals surface area contributed by atoms with Crippen molar-refractivity contribution >= 4 is 17.8 Å². The van der Waals surface area contributed by atoms with Crippen molar-refractivity contribution in [2.24, 2.45) is 29.6 Å². The van der Waals surface area contributed by atoms with Gasteiger partial charge in [0.15, 0.2) is 0 Å². The summed E-state index contributed by atoms with van der Waals surface area (Å²) in [6.45, 7) is 13.4. The molecule has 0 aromatic heterocycles. The van der Waals surface area contributed by atoms with E-state index in [4.69, 9.17) is 4.74 Å². The van der Waals surface area contributed by atoms with E-state index in [1.165, 1.54) is 0 Å². The molecule has 7 atom stereocenters. The second kappa shape index (κ2) is 10.2. The van der Waals surface area contributed by atoms with Crippen LogP contribution in [0, 0.1) is 29.6 Å². The molecule has 7 nitrogen and oxygen atoms in total. The Labute approximate surface area is 186 Å². The van der Waals surface area contributed by atoms with E-state index in [2.05, 4.69) is 5.32 Å². The first kappa shape index (κ1) is 25.4. The first-order valence-electron chi connectivity index (χ1n) is 11.6. The van der Waals surface area contributed by atoms with Gasteiger partial charge in [0.25, 0.3) is 0 Å². The summed E-state index contributed by atoms with van der Waals surface area (Å²) in [7, 11) is 0. The number of hydrogen-bond acceptors (Lipinski definition) is 5. The Hall–Kier alpha value is -1.89. The minimum absolute atomic E-state index is 0.00559. The molecule has 0 radical (unpaired) electrons. The normalized spacial score (nSPS) is 30.0. The second-order valence-corrected chi connectivity index (χ2v) is 9.90. The molecule has 1 aliphatic carbocycles. The van der Waals surface area contributed by atoms with Gasteiger partial charge in [0.2, 0.25) is 11.8 Å². The minimum atomic E-state index is -0.770. The lowest BCUT2D eigenvalue weighted by Crippen LogP contribution is -2.56. The number of rotatable bonds is 8. The summed E-state index contributed by atoms with van der Waals surface area (Å²) in [5, 5.41) is 13.2. The number of nitrogens with one attached hydrogen (secondary N) is 1. The lowest BCUT2D eigenvalue weighted by molar-refractivity contribution is -0.156. The average molecular weight is 437 g/mol. The highest BCUT2D eigenvalue weighted by Gasteiger charge is 2.59. The molecule has 0 aromatic rings. The lowest BCUT2D eigenvalue weighted by atomic mass is 9.69. The quantitative estimate of drug-likeness (QED) is 0.450. The van der Waals surface area contributed by atoms with Crippen molar-refractivity contribution in [3.63, 3.8) is 0 Å². The number of amides is 2. The third-order valence-corrected chi connectivity index (χ3v) is 6.69. The summed E-state index contributed by atoms with van der Waals surface area (Å²) < 4.78 is 5.34. The van der Waals surface area contributed by atoms with Crippen molar-refractivity contribution in [2.75, 3.05) is 13.2 Å². The predicted molar refractivity (Wildman–Crippen MR) is 119 cm³/mol. The van der Waals surface area contributed by atoms with Gasteiger partial charge in [0.05, 0.1) is 31.1 Å². The predicted octanol–water partition coefficient (Wildman–Crippen LogP) is 2.53. The number of carbonyl (C=O) groups excluding carboxylic acids is 3. The first-order chi connectivity index (χ1) is 14.5. The van der Waals surface area contributed by atoms with E-state index >= 15 is 0 Å². The minimum Gasteiger partial charge on any atom is -0.466 e. The Kier molecular flexibility index (Phi) is 8.31. The fourth-order valence-corrected chi connectivity index (χ4v) is 5.01. The summed E-state index contributed by atoms with van der Waals surface area (Å²) in [4.78, 5) is 41.7. The van der Waals surface area contributed by atoms with Crippen molar-refractivity contribution in [2.45, 2.75) is 78.9 Å². The number of fused-ring (bicyclic) bond motifs is 1. The topological polar surface area (TPSA) is 95.9 Å². The zero-order valence-corrected chi connectivity index (χ0v) is 20.1. The summed E-state index contributed by atoms with van der Waals surface area (Å²) >= 11 is 0. The van der Waals surface area contributed by atoms with E-state index in [-0.39, 0.29) is 42.8 Å². The SMILES string of the molecule is CCOC(=O)[C@H]1[C@H]2C(=O)N([C@@H](CO)[C@@H](C)CC)[C@H](C(=O)NC(C)(C)C)[C@H]2C=C[C@H]1CC. The van der Waals surface area contributed by atoms with Gasteiger partial charge in [-0.05, 0) is 46.0 Å². The number of aliphatic hydroxyl groups is 1. The molecular weight excluding hydrogens is 396 g/mol. The third-order valence-electron chi connectivity index (χ3n) is 6.69. The molecule has 1 heterocycles. The van der Waals surface area contributed by atoms with Gasteiger partial charge in [-0.1, -0.05) is 39.3 Å². The van der Waals surface area contributed by atoms with Crippen molar-refractivity contribution in [3.8, 4) is 0 Å². The van der Waals surface area contributed by atoms with Crippen molar-refractivity contribution in [1.82, 2.24) is 10.2 Å². The van der Waals surface area contributed by atoms with Gasteiger partial charge >= 0.3 is 5.97 Å². The fraction of sp³-hybridized carbons (Fsp3) is 0.792. The molecule has 1 saturated heterocycles. The van der Waals surface area contributed by atoms with E-state index in [9.17, 15) is 19.5 Å². The molecule has 176 valence electrons. The summed E-state index contributed by atoms with van der Waals surface area (Å²) in [5.74, 6) is -2.72. The molecule has 1 fully saturated rings. The number of ether oxygens (including phenoxy) is 1. The van der Waals surface area contributed by atoms with Crippen LogP contribution in [0.25, 0.3) is 0 Å². The van der Waals surface area contributed by atoms with E-state index in [0.29, 0.717) is 6.42 Å². The maximum absolute atomic E-state index is 13.8. The molecule has 7 heteroatoms. The van der Waals surface area contributed by atoms with Gasteiger partial charge in [0.1, 0.15) is 6.04 Å². The van der Waals surface area contributed by atoms with Crippen LogP contribution in [0.2, 0.25) is 0 Å². The molecule has 2 aliphatic rings. The van der Waals surface area contributed by atoms with Crippen LogP contribution in [0.4, 0.5) is 0 Å². The van der Waals surface area contributed by atoms with Gasteiger partial charge < -0.3 is 20.1 Å². The van der Waals surface area contributed by atoms with Gasteiger partial charge in [-0.25, -0.2) is 0 Å². The van der Waals surface area contributed by atoms with Crippen LogP contribution in [0.5, 0.6) is 0 Å². The van der Waals surface area contributed by atoms with E-state index < -0.39 is 35.4 Å². The molecule has 0 saturated carbocycles. The van der Waals surface area contributed by atoms with E-state index in [1.807, 2.05) is 53.7 Å².